The maximum absolute atomic E-state index is 12.2. The molecule has 1 amide bonds. The number of hydrazone groups is 1. The van der Waals surface area contributed by atoms with Gasteiger partial charge < -0.3 is 0 Å². The summed E-state index contributed by atoms with van der Waals surface area (Å²) < 4.78 is 1.72. The van der Waals surface area contributed by atoms with E-state index in [1.54, 1.807) is 23.0 Å². The maximum atomic E-state index is 12.2. The second kappa shape index (κ2) is 6.13. The third-order valence-electron chi connectivity index (χ3n) is 3.45. The molecule has 1 heterocycles. The van der Waals surface area contributed by atoms with Crippen molar-refractivity contribution in [3.63, 3.8) is 0 Å². The third kappa shape index (κ3) is 2.83. The van der Waals surface area contributed by atoms with Crippen molar-refractivity contribution in [3.05, 3.63) is 84.1 Å². The lowest BCUT2D eigenvalue weighted by Crippen LogP contribution is -2.46. The molecular formula is C17H17N4O+. The van der Waals surface area contributed by atoms with E-state index in [4.69, 9.17) is 5.73 Å². The lowest BCUT2D eigenvalue weighted by molar-refractivity contribution is -0.600. The zero-order valence-corrected chi connectivity index (χ0v) is 11.9. The standard InChI is InChI=1S/C17H16N4O/c18-17(20-16(22)14-9-5-2-6-10-14)21-15(11-12-19-21)13-7-3-1-4-8-13/h1-12,15,19H,(H2,18,20,22)/p+1. The topological polar surface area (TPSA) is 70.2 Å². The van der Waals surface area contributed by atoms with Crippen molar-refractivity contribution >= 4 is 11.9 Å². The molecule has 0 saturated heterocycles. The van der Waals surface area contributed by atoms with Gasteiger partial charge in [-0.2, -0.15) is 4.68 Å². The van der Waals surface area contributed by atoms with E-state index in [-0.39, 0.29) is 17.9 Å². The minimum absolute atomic E-state index is 0.0581. The Morgan fingerprint density at radius 2 is 1.68 bits per heavy atom. The SMILES string of the molecule is NC(NC(=O)c1ccccc1)=[N+]1NC=CC1c1ccccc1. The highest BCUT2D eigenvalue weighted by atomic mass is 16.1. The highest BCUT2D eigenvalue weighted by Crippen LogP contribution is 2.20. The van der Waals surface area contributed by atoms with E-state index in [9.17, 15) is 4.79 Å². The van der Waals surface area contributed by atoms with Gasteiger partial charge in [0.1, 0.15) is 6.04 Å². The lowest BCUT2D eigenvalue weighted by atomic mass is 10.1. The van der Waals surface area contributed by atoms with E-state index >= 15 is 0 Å². The van der Waals surface area contributed by atoms with E-state index in [1.165, 1.54) is 0 Å². The number of hydrogen-bond acceptors (Lipinski definition) is 2. The van der Waals surface area contributed by atoms with Crippen molar-refractivity contribution in [2.75, 3.05) is 0 Å². The average molecular weight is 293 g/mol. The molecule has 1 aliphatic heterocycles. The number of nitrogens with two attached hydrogens (primary N) is 1. The minimum atomic E-state index is -0.237. The fraction of sp³-hybridized carbons (Fsp3) is 0.0588. The third-order valence-corrected chi connectivity index (χ3v) is 3.45. The van der Waals surface area contributed by atoms with Gasteiger partial charge in [0.05, 0.1) is 5.56 Å². The molecule has 110 valence electrons. The Kier molecular flexibility index (Phi) is 3.87. The van der Waals surface area contributed by atoms with Crippen LogP contribution in [0.15, 0.2) is 72.9 Å². The van der Waals surface area contributed by atoms with Gasteiger partial charge in [0.15, 0.2) is 0 Å². The Morgan fingerprint density at radius 3 is 2.36 bits per heavy atom. The summed E-state index contributed by atoms with van der Waals surface area (Å²) in [5.41, 5.74) is 10.7. The van der Waals surface area contributed by atoms with Crippen molar-refractivity contribution in [1.82, 2.24) is 10.7 Å². The molecule has 3 rings (SSSR count). The molecular weight excluding hydrogens is 276 g/mol. The van der Waals surface area contributed by atoms with Crippen LogP contribution in [0, 0.1) is 0 Å². The molecule has 1 atom stereocenters. The summed E-state index contributed by atoms with van der Waals surface area (Å²) in [6.07, 6.45) is 3.79. The number of hydrazine groups is 1. The van der Waals surface area contributed by atoms with Crippen LogP contribution < -0.4 is 16.5 Å². The van der Waals surface area contributed by atoms with Gasteiger partial charge in [-0.25, -0.2) is 5.32 Å². The molecule has 1 aliphatic rings. The molecule has 0 aliphatic carbocycles. The number of carbonyl (C=O) groups is 1. The van der Waals surface area contributed by atoms with Gasteiger partial charge in [-0.15, -0.1) is 0 Å². The molecule has 5 heteroatoms. The van der Waals surface area contributed by atoms with E-state index in [0.29, 0.717) is 5.56 Å². The maximum Gasteiger partial charge on any atom is 0.374 e. The molecule has 1 unspecified atom stereocenters. The van der Waals surface area contributed by atoms with Crippen LogP contribution in [0.5, 0.6) is 0 Å². The first-order chi connectivity index (χ1) is 10.8. The molecule has 0 aromatic heterocycles. The van der Waals surface area contributed by atoms with Gasteiger partial charge in [0.25, 0.3) is 0 Å². The molecule has 2 aromatic carbocycles. The molecule has 5 nitrogen and oxygen atoms in total. The Balaban J connectivity index is 1.82. The molecule has 4 N–H and O–H groups in total. The number of amides is 1. The van der Waals surface area contributed by atoms with Gasteiger partial charge in [-0.3, -0.25) is 16.0 Å². The van der Waals surface area contributed by atoms with Crippen molar-refractivity contribution in [3.8, 4) is 0 Å². The number of guanidine groups is 1. The first-order valence-corrected chi connectivity index (χ1v) is 7.01. The van der Waals surface area contributed by atoms with Crippen molar-refractivity contribution in [2.24, 2.45) is 5.73 Å². The average Bonchev–Trinajstić information content (AvgIpc) is 3.06. The zero-order chi connectivity index (χ0) is 15.4. The summed E-state index contributed by atoms with van der Waals surface area (Å²) in [4.78, 5) is 12.2. The van der Waals surface area contributed by atoms with Crippen LogP contribution in [0.1, 0.15) is 22.0 Å². The van der Waals surface area contributed by atoms with Gasteiger partial charge in [0.2, 0.25) is 0 Å². The minimum Gasteiger partial charge on any atom is -0.289 e. The van der Waals surface area contributed by atoms with Crippen LogP contribution in [0.2, 0.25) is 0 Å². The summed E-state index contributed by atoms with van der Waals surface area (Å²) in [6, 6.07) is 18.9. The summed E-state index contributed by atoms with van der Waals surface area (Å²) in [7, 11) is 0. The number of nitrogens with one attached hydrogen (secondary N) is 2. The molecule has 0 fully saturated rings. The number of hydrogen-bond donors (Lipinski definition) is 3. The summed E-state index contributed by atoms with van der Waals surface area (Å²) in [5, 5.41) is 2.72. The normalized spacial score (nSPS) is 18.6. The largest absolute Gasteiger partial charge is 0.374 e. The van der Waals surface area contributed by atoms with Crippen molar-refractivity contribution in [1.29, 1.82) is 0 Å². The van der Waals surface area contributed by atoms with Crippen LogP contribution in [-0.4, -0.2) is 16.6 Å². The molecule has 0 saturated carbocycles. The van der Waals surface area contributed by atoms with E-state index in [2.05, 4.69) is 10.7 Å². The second-order valence-corrected chi connectivity index (χ2v) is 4.92. The highest BCUT2D eigenvalue weighted by Gasteiger charge is 2.24. The fourth-order valence-corrected chi connectivity index (χ4v) is 2.35. The molecule has 22 heavy (non-hydrogen) atoms. The first kappa shape index (κ1) is 13.9. The smallest absolute Gasteiger partial charge is 0.289 e. The number of benzene rings is 2. The van der Waals surface area contributed by atoms with E-state index in [1.807, 2.05) is 54.6 Å². The number of rotatable bonds is 2. The van der Waals surface area contributed by atoms with E-state index < -0.39 is 0 Å². The van der Waals surface area contributed by atoms with Gasteiger partial charge in [-0.05, 0) is 23.8 Å². The molecule has 0 spiro atoms. The molecule has 2 aromatic rings. The Hall–Kier alpha value is -3.08. The lowest BCUT2D eigenvalue weighted by Gasteiger charge is -2.13. The summed E-state index contributed by atoms with van der Waals surface area (Å²) >= 11 is 0. The Labute approximate surface area is 128 Å². The predicted octanol–water partition coefficient (Wildman–Crippen LogP) is 1.52. The van der Waals surface area contributed by atoms with E-state index in [0.717, 1.165) is 5.56 Å². The summed E-state index contributed by atoms with van der Waals surface area (Å²) in [6.45, 7) is 0. The molecule has 0 radical (unpaired) electrons. The van der Waals surface area contributed by atoms with Gasteiger partial charge in [-0.1, -0.05) is 48.5 Å². The Morgan fingerprint density at radius 1 is 1.05 bits per heavy atom. The zero-order valence-electron chi connectivity index (χ0n) is 11.9. The van der Waals surface area contributed by atoms with Crippen molar-refractivity contribution in [2.45, 2.75) is 6.04 Å². The van der Waals surface area contributed by atoms with Crippen LogP contribution in [0.25, 0.3) is 0 Å². The summed E-state index contributed by atoms with van der Waals surface area (Å²) in [5.74, 6) is 0.0197. The fourth-order valence-electron chi connectivity index (χ4n) is 2.35. The predicted molar refractivity (Wildman–Crippen MR) is 84.8 cm³/mol. The van der Waals surface area contributed by atoms with Gasteiger partial charge in [0, 0.05) is 6.20 Å². The molecule has 0 bridgehead atoms. The first-order valence-electron chi connectivity index (χ1n) is 7.01. The van der Waals surface area contributed by atoms with Crippen LogP contribution in [0.4, 0.5) is 0 Å². The second-order valence-electron chi connectivity index (χ2n) is 4.92. The van der Waals surface area contributed by atoms with Crippen molar-refractivity contribution < 1.29 is 9.48 Å². The monoisotopic (exact) mass is 293 g/mol. The Bertz CT molecular complexity index is 723. The van der Waals surface area contributed by atoms with Crippen LogP contribution in [-0.2, 0) is 0 Å². The number of carbonyl (C=O) groups excluding carboxylic acids is 1. The van der Waals surface area contributed by atoms with Gasteiger partial charge >= 0.3 is 11.9 Å². The van der Waals surface area contributed by atoms with Crippen LogP contribution >= 0.6 is 0 Å². The quantitative estimate of drug-likeness (QED) is 0.581. The highest BCUT2D eigenvalue weighted by molar-refractivity contribution is 6.03. The number of nitrogens with zero attached hydrogens (tertiary/aromatic N) is 1. The van der Waals surface area contributed by atoms with Crippen LogP contribution in [0.3, 0.4) is 0 Å².